The Morgan fingerprint density at radius 3 is 2.65 bits per heavy atom. The molecule has 0 aromatic heterocycles. The number of fused-ring (bicyclic) bond motifs is 1. The number of nitrogens with zero attached hydrogens (tertiary/aromatic N) is 2. The van der Waals surface area contributed by atoms with Crippen molar-refractivity contribution in [2.75, 3.05) is 39.4 Å². The molecular weight excluding hydrogens is 288 g/mol. The maximum Gasteiger partial charge on any atom is 0.131 e. The van der Waals surface area contributed by atoms with E-state index in [0.717, 1.165) is 52.2 Å². The zero-order valence-electron chi connectivity index (χ0n) is 14.8. The fourth-order valence-electron chi connectivity index (χ4n) is 4.58. The van der Waals surface area contributed by atoms with E-state index < -0.39 is 5.60 Å². The van der Waals surface area contributed by atoms with Crippen LogP contribution in [0.1, 0.15) is 46.0 Å². The van der Waals surface area contributed by atoms with Gasteiger partial charge >= 0.3 is 0 Å². The summed E-state index contributed by atoms with van der Waals surface area (Å²) in [5.74, 6) is 6.92. The minimum Gasteiger partial charge on any atom is -0.379 e. The molecule has 2 heterocycles. The van der Waals surface area contributed by atoms with E-state index in [0.29, 0.717) is 18.0 Å². The first-order valence-electron chi connectivity index (χ1n) is 9.38. The van der Waals surface area contributed by atoms with E-state index in [9.17, 15) is 5.11 Å². The molecule has 3 rings (SSSR count). The van der Waals surface area contributed by atoms with Crippen LogP contribution in [0.25, 0.3) is 0 Å². The maximum absolute atomic E-state index is 11.3. The van der Waals surface area contributed by atoms with Gasteiger partial charge in [-0.15, -0.1) is 0 Å². The Hall–Kier alpha value is -0.600. The molecule has 1 saturated carbocycles. The largest absolute Gasteiger partial charge is 0.379 e. The highest BCUT2D eigenvalue weighted by atomic mass is 16.5. The molecule has 3 atom stereocenters. The van der Waals surface area contributed by atoms with Crippen LogP contribution >= 0.6 is 0 Å². The highest BCUT2D eigenvalue weighted by Crippen LogP contribution is 2.41. The number of hydrogen-bond donors (Lipinski definition) is 1. The van der Waals surface area contributed by atoms with Crippen molar-refractivity contribution in [3.8, 4) is 11.8 Å². The van der Waals surface area contributed by atoms with Gasteiger partial charge < -0.3 is 9.84 Å². The van der Waals surface area contributed by atoms with Crippen LogP contribution in [0.2, 0.25) is 0 Å². The second-order valence-electron chi connectivity index (χ2n) is 7.65. The van der Waals surface area contributed by atoms with Crippen LogP contribution in [0.3, 0.4) is 0 Å². The van der Waals surface area contributed by atoms with Gasteiger partial charge in [0.1, 0.15) is 5.60 Å². The van der Waals surface area contributed by atoms with E-state index >= 15 is 0 Å². The Morgan fingerprint density at radius 1 is 1.17 bits per heavy atom. The standard InChI is InChI=1S/C19H32N2O2/c1-16(2)21-11-9-19(22,17-6-3-4-7-18(17)21)8-5-10-20-12-14-23-15-13-20/h16-18,22H,3-4,6-7,9-15H2,1-2H3/t17-,18-,19+/m0/s1. The Bertz CT molecular complexity index is 450. The summed E-state index contributed by atoms with van der Waals surface area (Å²) in [4.78, 5) is 4.92. The van der Waals surface area contributed by atoms with Crippen LogP contribution in [0.4, 0.5) is 0 Å². The predicted octanol–water partition coefficient (Wildman–Crippen LogP) is 1.73. The zero-order valence-corrected chi connectivity index (χ0v) is 14.8. The second kappa shape index (κ2) is 7.53. The Morgan fingerprint density at radius 2 is 1.91 bits per heavy atom. The van der Waals surface area contributed by atoms with Crippen LogP contribution in [-0.2, 0) is 4.74 Å². The van der Waals surface area contributed by atoms with Crippen molar-refractivity contribution >= 4 is 0 Å². The van der Waals surface area contributed by atoms with Gasteiger partial charge in [0.25, 0.3) is 0 Å². The quantitative estimate of drug-likeness (QED) is 0.786. The minimum atomic E-state index is -0.775. The van der Waals surface area contributed by atoms with E-state index in [-0.39, 0.29) is 0 Å². The molecule has 0 aromatic rings. The molecule has 3 fully saturated rings. The molecule has 0 bridgehead atoms. The molecule has 0 amide bonds. The third-order valence-corrected chi connectivity index (χ3v) is 5.89. The number of aliphatic hydroxyl groups is 1. The van der Waals surface area contributed by atoms with Crippen molar-refractivity contribution in [3.05, 3.63) is 0 Å². The third kappa shape index (κ3) is 3.91. The first kappa shape index (κ1) is 17.2. The van der Waals surface area contributed by atoms with Crippen LogP contribution in [0, 0.1) is 17.8 Å². The predicted molar refractivity (Wildman–Crippen MR) is 92.2 cm³/mol. The van der Waals surface area contributed by atoms with E-state index in [2.05, 4.69) is 35.5 Å². The number of rotatable bonds is 2. The zero-order chi connectivity index (χ0) is 16.3. The van der Waals surface area contributed by atoms with Gasteiger partial charge in [0.15, 0.2) is 0 Å². The van der Waals surface area contributed by atoms with Crippen molar-refractivity contribution in [2.24, 2.45) is 5.92 Å². The van der Waals surface area contributed by atoms with Gasteiger partial charge in [0.05, 0.1) is 19.8 Å². The lowest BCUT2D eigenvalue weighted by Gasteiger charge is -2.52. The summed E-state index contributed by atoms with van der Waals surface area (Å²) in [6, 6.07) is 1.08. The summed E-state index contributed by atoms with van der Waals surface area (Å²) in [6.07, 6.45) is 5.66. The third-order valence-electron chi connectivity index (χ3n) is 5.89. The van der Waals surface area contributed by atoms with Gasteiger partial charge in [-0.05, 0) is 26.7 Å². The molecule has 23 heavy (non-hydrogen) atoms. The maximum atomic E-state index is 11.3. The molecule has 2 aliphatic heterocycles. The van der Waals surface area contributed by atoms with Gasteiger partial charge in [0, 0.05) is 44.1 Å². The topological polar surface area (TPSA) is 35.9 Å². The Kier molecular flexibility index (Phi) is 5.64. The lowest BCUT2D eigenvalue weighted by Crippen LogP contribution is -2.60. The molecule has 4 heteroatoms. The van der Waals surface area contributed by atoms with E-state index in [1.54, 1.807) is 0 Å². The van der Waals surface area contributed by atoms with Crippen LogP contribution in [0.5, 0.6) is 0 Å². The fraction of sp³-hybridized carbons (Fsp3) is 0.895. The molecule has 0 unspecified atom stereocenters. The van der Waals surface area contributed by atoms with Gasteiger partial charge in [-0.2, -0.15) is 0 Å². The summed E-state index contributed by atoms with van der Waals surface area (Å²) in [6.45, 7) is 9.82. The van der Waals surface area contributed by atoms with E-state index in [1.165, 1.54) is 19.3 Å². The minimum absolute atomic E-state index is 0.324. The summed E-state index contributed by atoms with van der Waals surface area (Å²) < 4.78 is 5.38. The lowest BCUT2D eigenvalue weighted by molar-refractivity contribution is -0.0871. The summed E-state index contributed by atoms with van der Waals surface area (Å²) in [5, 5.41) is 11.3. The number of likely N-dealkylation sites (tertiary alicyclic amines) is 1. The molecule has 130 valence electrons. The van der Waals surface area contributed by atoms with Crippen molar-refractivity contribution in [3.63, 3.8) is 0 Å². The molecule has 0 aromatic carbocycles. The van der Waals surface area contributed by atoms with Gasteiger partial charge in [-0.3, -0.25) is 9.80 Å². The average Bonchev–Trinajstić information content (AvgIpc) is 2.56. The van der Waals surface area contributed by atoms with Crippen LogP contribution in [-0.4, -0.2) is 72.0 Å². The highest BCUT2D eigenvalue weighted by molar-refractivity contribution is 5.21. The van der Waals surface area contributed by atoms with Crippen molar-refractivity contribution < 1.29 is 9.84 Å². The van der Waals surface area contributed by atoms with Gasteiger partial charge in [0.2, 0.25) is 0 Å². The van der Waals surface area contributed by atoms with Crippen molar-refractivity contribution in [2.45, 2.75) is 63.6 Å². The van der Waals surface area contributed by atoms with Gasteiger partial charge in [-0.25, -0.2) is 0 Å². The van der Waals surface area contributed by atoms with Crippen LogP contribution < -0.4 is 0 Å². The number of hydrogen-bond acceptors (Lipinski definition) is 4. The first-order valence-corrected chi connectivity index (χ1v) is 9.38. The molecule has 2 saturated heterocycles. The summed E-state index contributed by atoms with van der Waals surface area (Å²) in [5.41, 5.74) is -0.775. The normalized spacial score (nSPS) is 36.3. The highest BCUT2D eigenvalue weighted by Gasteiger charge is 2.47. The van der Waals surface area contributed by atoms with Gasteiger partial charge in [-0.1, -0.05) is 24.7 Å². The van der Waals surface area contributed by atoms with E-state index in [4.69, 9.17) is 4.74 Å². The second-order valence-corrected chi connectivity index (χ2v) is 7.65. The molecule has 1 N–H and O–H groups in total. The van der Waals surface area contributed by atoms with Crippen molar-refractivity contribution in [1.82, 2.24) is 9.80 Å². The first-order chi connectivity index (χ1) is 11.1. The molecule has 0 radical (unpaired) electrons. The average molecular weight is 320 g/mol. The van der Waals surface area contributed by atoms with Crippen LogP contribution in [0.15, 0.2) is 0 Å². The Labute approximate surface area is 141 Å². The smallest absolute Gasteiger partial charge is 0.131 e. The number of piperidine rings is 1. The lowest BCUT2D eigenvalue weighted by atomic mass is 9.69. The molecule has 0 spiro atoms. The monoisotopic (exact) mass is 320 g/mol. The summed E-state index contributed by atoms with van der Waals surface area (Å²) in [7, 11) is 0. The Balaban J connectivity index is 1.67. The SMILES string of the molecule is CC(C)N1CC[C@](O)(C#CCN2CCOCC2)[C@H]2CCCC[C@@H]21. The fourth-order valence-corrected chi connectivity index (χ4v) is 4.58. The van der Waals surface area contributed by atoms with E-state index in [1.807, 2.05) is 0 Å². The number of morpholine rings is 1. The molecule has 3 aliphatic rings. The molecule has 4 nitrogen and oxygen atoms in total. The summed E-state index contributed by atoms with van der Waals surface area (Å²) >= 11 is 0. The molecular formula is C19H32N2O2. The number of ether oxygens (including phenoxy) is 1. The molecule has 1 aliphatic carbocycles. The van der Waals surface area contributed by atoms with Crippen molar-refractivity contribution in [1.29, 1.82) is 0 Å².